The summed E-state index contributed by atoms with van der Waals surface area (Å²) in [7, 11) is 0. The Balaban J connectivity index is 4.30. The molecule has 11 heavy (non-hydrogen) atoms. The standard InChI is InChI=1S/C6H12O4S/c1-4-10-5(7)6(2,3)11(8)9/h4H2,1-3H3,(H,8,9). The first-order chi connectivity index (χ1) is 4.92. The van der Waals surface area contributed by atoms with Gasteiger partial charge in [0.1, 0.15) is 0 Å². The Morgan fingerprint density at radius 1 is 1.64 bits per heavy atom. The third-order valence-corrected chi connectivity index (χ3v) is 2.24. The zero-order chi connectivity index (χ0) is 9.07. The Labute approximate surface area is 68.2 Å². The number of hydrogen-bond donors (Lipinski definition) is 1. The van der Waals surface area contributed by atoms with Crippen molar-refractivity contribution in [2.45, 2.75) is 25.5 Å². The van der Waals surface area contributed by atoms with Crippen molar-refractivity contribution in [3.8, 4) is 0 Å². The van der Waals surface area contributed by atoms with Crippen LogP contribution in [0.15, 0.2) is 0 Å². The van der Waals surface area contributed by atoms with Crippen molar-refractivity contribution in [2.75, 3.05) is 6.61 Å². The van der Waals surface area contributed by atoms with Crippen LogP contribution >= 0.6 is 0 Å². The average Bonchev–Trinajstić information content (AvgIpc) is 1.88. The van der Waals surface area contributed by atoms with E-state index in [4.69, 9.17) is 4.55 Å². The van der Waals surface area contributed by atoms with Gasteiger partial charge in [-0.25, -0.2) is 4.21 Å². The molecule has 0 spiro atoms. The highest BCUT2D eigenvalue weighted by molar-refractivity contribution is 7.81. The summed E-state index contributed by atoms with van der Waals surface area (Å²) in [5.41, 5.74) is 0. The van der Waals surface area contributed by atoms with E-state index in [9.17, 15) is 9.00 Å². The molecule has 1 N–H and O–H groups in total. The van der Waals surface area contributed by atoms with Crippen LogP contribution in [0.5, 0.6) is 0 Å². The first-order valence-corrected chi connectivity index (χ1v) is 4.31. The molecule has 1 unspecified atom stereocenters. The van der Waals surface area contributed by atoms with E-state index in [-0.39, 0.29) is 6.61 Å². The molecule has 0 saturated heterocycles. The van der Waals surface area contributed by atoms with Gasteiger partial charge in [-0.15, -0.1) is 0 Å². The number of carbonyl (C=O) groups is 1. The van der Waals surface area contributed by atoms with Crippen LogP contribution < -0.4 is 0 Å². The molecule has 0 aliphatic rings. The monoisotopic (exact) mass is 180 g/mol. The fourth-order valence-corrected chi connectivity index (χ4v) is 0.578. The molecule has 0 fully saturated rings. The normalized spacial score (nSPS) is 14.2. The van der Waals surface area contributed by atoms with E-state index in [2.05, 4.69) is 4.74 Å². The summed E-state index contributed by atoms with van der Waals surface area (Å²) in [4.78, 5) is 10.9. The fourth-order valence-electron chi connectivity index (χ4n) is 0.376. The van der Waals surface area contributed by atoms with Gasteiger partial charge in [-0.05, 0) is 20.8 Å². The predicted molar refractivity (Wildman–Crippen MR) is 41.5 cm³/mol. The van der Waals surface area contributed by atoms with E-state index in [0.29, 0.717) is 0 Å². The molecule has 0 amide bonds. The molecule has 0 aromatic carbocycles. The smallest absolute Gasteiger partial charge is 0.326 e. The number of ether oxygens (including phenoxy) is 1. The lowest BCUT2D eigenvalue weighted by molar-refractivity contribution is -0.145. The van der Waals surface area contributed by atoms with E-state index in [1.165, 1.54) is 13.8 Å². The predicted octanol–water partition coefficient (Wildman–Crippen LogP) is 0.550. The maximum absolute atomic E-state index is 10.9. The highest BCUT2D eigenvalue weighted by Gasteiger charge is 2.35. The first kappa shape index (κ1) is 10.6. The molecule has 1 atom stereocenters. The quantitative estimate of drug-likeness (QED) is 0.509. The van der Waals surface area contributed by atoms with Crippen LogP contribution in [0.2, 0.25) is 0 Å². The lowest BCUT2D eigenvalue weighted by Crippen LogP contribution is -2.37. The number of rotatable bonds is 3. The van der Waals surface area contributed by atoms with Gasteiger partial charge < -0.3 is 9.29 Å². The Kier molecular flexibility index (Phi) is 3.68. The van der Waals surface area contributed by atoms with Gasteiger partial charge in [0.05, 0.1) is 6.61 Å². The van der Waals surface area contributed by atoms with E-state index >= 15 is 0 Å². The average molecular weight is 180 g/mol. The van der Waals surface area contributed by atoms with Gasteiger partial charge in [-0.3, -0.25) is 4.79 Å². The number of hydrogen-bond acceptors (Lipinski definition) is 3. The maximum atomic E-state index is 10.9. The van der Waals surface area contributed by atoms with Crippen molar-refractivity contribution in [3.63, 3.8) is 0 Å². The van der Waals surface area contributed by atoms with E-state index in [1.54, 1.807) is 6.92 Å². The van der Waals surface area contributed by atoms with Gasteiger partial charge in [-0.1, -0.05) is 0 Å². The van der Waals surface area contributed by atoms with Crippen molar-refractivity contribution in [2.24, 2.45) is 0 Å². The first-order valence-electron chi connectivity index (χ1n) is 3.21. The summed E-state index contributed by atoms with van der Waals surface area (Å²) in [5, 5.41) is 0. The minimum atomic E-state index is -2.18. The van der Waals surface area contributed by atoms with Crippen LogP contribution in [0.3, 0.4) is 0 Å². The van der Waals surface area contributed by atoms with Gasteiger partial charge in [0.2, 0.25) is 0 Å². The van der Waals surface area contributed by atoms with Crippen LogP contribution in [0.25, 0.3) is 0 Å². The molecular formula is C6H12O4S. The summed E-state index contributed by atoms with van der Waals surface area (Å²) in [6, 6.07) is 0. The molecule has 0 aromatic heterocycles. The highest BCUT2D eigenvalue weighted by atomic mass is 32.2. The third kappa shape index (κ3) is 2.59. The van der Waals surface area contributed by atoms with Crippen LogP contribution in [0.4, 0.5) is 0 Å². The molecule has 0 aliphatic carbocycles. The highest BCUT2D eigenvalue weighted by Crippen LogP contribution is 2.12. The van der Waals surface area contributed by atoms with E-state index < -0.39 is 21.8 Å². The van der Waals surface area contributed by atoms with Gasteiger partial charge in [0, 0.05) is 0 Å². The van der Waals surface area contributed by atoms with Crippen LogP contribution in [0, 0.1) is 0 Å². The van der Waals surface area contributed by atoms with Crippen LogP contribution in [0.1, 0.15) is 20.8 Å². The summed E-state index contributed by atoms with van der Waals surface area (Å²) in [6.45, 7) is 4.59. The zero-order valence-corrected chi connectivity index (χ0v) is 7.60. The molecule has 0 bridgehead atoms. The molecular weight excluding hydrogens is 168 g/mol. The minimum Gasteiger partial charge on any atom is -0.465 e. The molecule has 66 valence electrons. The van der Waals surface area contributed by atoms with Crippen LogP contribution in [-0.2, 0) is 20.6 Å². The number of carbonyl (C=O) groups excluding carboxylic acids is 1. The van der Waals surface area contributed by atoms with Crippen molar-refractivity contribution in [1.82, 2.24) is 0 Å². The van der Waals surface area contributed by atoms with Crippen LogP contribution in [-0.4, -0.2) is 26.1 Å². The summed E-state index contributed by atoms with van der Waals surface area (Å²) < 4.78 is 22.4. The van der Waals surface area contributed by atoms with E-state index in [0.717, 1.165) is 0 Å². The molecule has 0 saturated carbocycles. The lowest BCUT2D eigenvalue weighted by atomic mass is 10.2. The van der Waals surface area contributed by atoms with E-state index in [1.807, 2.05) is 0 Å². The second-order valence-electron chi connectivity index (χ2n) is 2.48. The molecule has 0 aliphatic heterocycles. The third-order valence-electron chi connectivity index (χ3n) is 1.20. The van der Waals surface area contributed by atoms with Gasteiger partial charge in [-0.2, -0.15) is 0 Å². The van der Waals surface area contributed by atoms with Gasteiger partial charge in [0.25, 0.3) is 0 Å². The fraction of sp³-hybridized carbons (Fsp3) is 0.833. The molecule has 0 rings (SSSR count). The molecule has 4 nitrogen and oxygen atoms in total. The van der Waals surface area contributed by atoms with Crippen molar-refractivity contribution < 1.29 is 18.3 Å². The molecule has 0 aromatic rings. The summed E-state index contributed by atoms with van der Waals surface area (Å²) in [5.74, 6) is -0.652. The van der Waals surface area contributed by atoms with Gasteiger partial charge >= 0.3 is 5.97 Å². The Bertz CT molecular complexity index is 175. The topological polar surface area (TPSA) is 63.6 Å². The second-order valence-corrected chi connectivity index (χ2v) is 4.00. The Morgan fingerprint density at radius 3 is 2.36 bits per heavy atom. The van der Waals surface area contributed by atoms with Crippen molar-refractivity contribution in [1.29, 1.82) is 0 Å². The molecule has 5 heteroatoms. The van der Waals surface area contributed by atoms with Crippen molar-refractivity contribution in [3.05, 3.63) is 0 Å². The summed E-state index contributed by atoms with van der Waals surface area (Å²) >= 11 is -2.18. The largest absolute Gasteiger partial charge is 0.465 e. The molecule has 0 heterocycles. The zero-order valence-electron chi connectivity index (χ0n) is 6.79. The summed E-state index contributed by atoms with van der Waals surface area (Å²) in [6.07, 6.45) is 0. The number of esters is 1. The minimum absolute atomic E-state index is 0.222. The Morgan fingerprint density at radius 2 is 2.09 bits per heavy atom. The molecule has 0 radical (unpaired) electrons. The second kappa shape index (κ2) is 3.82. The lowest BCUT2D eigenvalue weighted by Gasteiger charge is -2.16. The van der Waals surface area contributed by atoms with Crippen molar-refractivity contribution >= 4 is 17.0 Å². The van der Waals surface area contributed by atoms with Gasteiger partial charge in [0.15, 0.2) is 15.8 Å². The maximum Gasteiger partial charge on any atom is 0.326 e. The Hall–Kier alpha value is -0.420. The SMILES string of the molecule is CCOC(=O)C(C)(C)S(=O)O.